The van der Waals surface area contributed by atoms with Gasteiger partial charge in [0.05, 0.1) is 5.92 Å². The predicted octanol–water partition coefficient (Wildman–Crippen LogP) is 1.14. The summed E-state index contributed by atoms with van der Waals surface area (Å²) < 4.78 is 5.34. The molecule has 2 fully saturated rings. The summed E-state index contributed by atoms with van der Waals surface area (Å²) in [4.78, 5) is 47.2. The number of carbonyl (C=O) groups is 4. The van der Waals surface area contributed by atoms with Crippen molar-refractivity contribution in [3.05, 3.63) is 0 Å². The smallest absolute Gasteiger partial charge is 0.318 e. The minimum Gasteiger partial charge on any atom is -0.452 e. The fraction of sp³-hybridized carbons (Fsp3) is 0.750. The van der Waals surface area contributed by atoms with E-state index < -0.39 is 24.0 Å². The third-order valence-corrected chi connectivity index (χ3v) is 4.73. The molecule has 0 aromatic carbocycles. The van der Waals surface area contributed by atoms with Gasteiger partial charge in [-0.15, -0.1) is 0 Å². The zero-order valence-corrected chi connectivity index (χ0v) is 13.5. The van der Waals surface area contributed by atoms with E-state index in [1.165, 1.54) is 0 Å². The highest BCUT2D eigenvalue weighted by Gasteiger charge is 2.42. The Balaban J connectivity index is 2.00. The van der Waals surface area contributed by atoms with Crippen LogP contribution in [0, 0.1) is 23.7 Å². The van der Waals surface area contributed by atoms with Crippen molar-refractivity contribution in [1.82, 2.24) is 5.32 Å². The molecule has 0 aromatic heterocycles. The van der Waals surface area contributed by atoms with Crippen LogP contribution < -0.4 is 11.1 Å². The first-order valence-corrected chi connectivity index (χ1v) is 8.14. The molecule has 2 rings (SSSR count). The second-order valence-electron chi connectivity index (χ2n) is 6.85. The van der Waals surface area contributed by atoms with Crippen molar-refractivity contribution in [3.63, 3.8) is 0 Å². The average Bonchev–Trinajstić information content (AvgIpc) is 2.42. The first-order chi connectivity index (χ1) is 10.8. The van der Waals surface area contributed by atoms with Crippen molar-refractivity contribution in [2.75, 3.05) is 0 Å². The number of esters is 1. The minimum atomic E-state index is -1.06. The highest BCUT2D eigenvalue weighted by Crippen LogP contribution is 2.40. The highest BCUT2D eigenvalue weighted by atomic mass is 16.5. The first-order valence-electron chi connectivity index (χ1n) is 8.14. The maximum absolute atomic E-state index is 12.4. The van der Waals surface area contributed by atoms with E-state index in [4.69, 9.17) is 10.5 Å². The van der Waals surface area contributed by atoms with Crippen LogP contribution in [0.2, 0.25) is 0 Å². The van der Waals surface area contributed by atoms with Crippen LogP contribution in [0.3, 0.4) is 0 Å². The summed E-state index contributed by atoms with van der Waals surface area (Å²) in [5.41, 5.74) is 4.93. The molecule has 2 bridgehead atoms. The lowest BCUT2D eigenvalue weighted by Gasteiger charge is -2.37. The van der Waals surface area contributed by atoms with Gasteiger partial charge < -0.3 is 10.5 Å². The molecule has 0 aliphatic heterocycles. The highest BCUT2D eigenvalue weighted by molar-refractivity contribution is 5.97. The molecule has 128 valence electrons. The Morgan fingerprint density at radius 1 is 1.17 bits per heavy atom. The lowest BCUT2D eigenvalue weighted by molar-refractivity contribution is -0.165. The van der Waals surface area contributed by atoms with Gasteiger partial charge in [-0.2, -0.15) is 0 Å². The van der Waals surface area contributed by atoms with E-state index >= 15 is 0 Å². The van der Waals surface area contributed by atoms with Crippen LogP contribution in [0.15, 0.2) is 0 Å². The Kier molecular flexibility index (Phi) is 5.38. The van der Waals surface area contributed by atoms with Crippen LogP contribution in [-0.2, 0) is 19.1 Å². The second-order valence-corrected chi connectivity index (χ2v) is 6.85. The van der Waals surface area contributed by atoms with E-state index in [-0.39, 0.29) is 29.5 Å². The maximum atomic E-state index is 12.4. The van der Waals surface area contributed by atoms with Gasteiger partial charge in [-0.05, 0) is 31.6 Å². The number of ether oxygens (including phenoxy) is 1. The summed E-state index contributed by atoms with van der Waals surface area (Å²) >= 11 is 0. The lowest BCUT2D eigenvalue weighted by Crippen LogP contribution is -2.47. The number of nitrogens with two attached hydrogens (primary N) is 1. The number of nitrogens with one attached hydrogen (secondary N) is 1. The Bertz CT molecular complexity index is 501. The maximum Gasteiger partial charge on any atom is 0.318 e. The normalized spacial score (nSPS) is 28.1. The van der Waals surface area contributed by atoms with Gasteiger partial charge in [0.15, 0.2) is 6.10 Å². The number of ketones is 1. The van der Waals surface area contributed by atoms with E-state index in [9.17, 15) is 19.2 Å². The van der Waals surface area contributed by atoms with Crippen molar-refractivity contribution < 1.29 is 23.9 Å². The third-order valence-electron chi connectivity index (χ3n) is 4.73. The van der Waals surface area contributed by atoms with E-state index in [2.05, 4.69) is 0 Å². The van der Waals surface area contributed by atoms with Crippen LogP contribution in [0.1, 0.15) is 46.0 Å². The van der Waals surface area contributed by atoms with Crippen LogP contribution >= 0.6 is 0 Å². The number of urea groups is 1. The molecule has 7 heteroatoms. The van der Waals surface area contributed by atoms with Gasteiger partial charge in [0, 0.05) is 11.8 Å². The number of rotatable bonds is 4. The molecule has 0 radical (unpaired) electrons. The molecule has 3 amide bonds. The SMILES string of the molecule is CC(C)[C@H](OC(=O)C1C[C@H]2CCC[C@@H](C1)C2=O)C(=O)NC(N)=O. The average molecular weight is 324 g/mol. The van der Waals surface area contributed by atoms with Crippen molar-refractivity contribution >= 4 is 23.7 Å². The number of carbonyl (C=O) groups excluding carboxylic acids is 4. The van der Waals surface area contributed by atoms with Gasteiger partial charge in [-0.3, -0.25) is 19.7 Å². The zero-order valence-electron chi connectivity index (χ0n) is 13.5. The fourth-order valence-electron chi connectivity index (χ4n) is 3.58. The van der Waals surface area contributed by atoms with Crippen molar-refractivity contribution in [3.8, 4) is 0 Å². The minimum absolute atomic E-state index is 0.0583. The predicted molar refractivity (Wildman–Crippen MR) is 81.0 cm³/mol. The van der Waals surface area contributed by atoms with Crippen molar-refractivity contribution in [2.45, 2.75) is 52.1 Å². The van der Waals surface area contributed by atoms with Gasteiger partial charge in [0.2, 0.25) is 0 Å². The molecule has 0 aromatic rings. The van der Waals surface area contributed by atoms with Crippen molar-refractivity contribution in [2.24, 2.45) is 29.4 Å². The zero-order chi connectivity index (χ0) is 17.1. The van der Waals surface area contributed by atoms with E-state index in [1.54, 1.807) is 13.8 Å². The second kappa shape index (κ2) is 7.10. The Labute approximate surface area is 135 Å². The molecule has 2 aliphatic carbocycles. The number of imide groups is 1. The topological polar surface area (TPSA) is 116 Å². The summed E-state index contributed by atoms with van der Waals surface area (Å²) in [6.45, 7) is 3.44. The van der Waals surface area contributed by atoms with Gasteiger partial charge in [0.1, 0.15) is 5.78 Å². The molecular formula is C16H24N2O5. The van der Waals surface area contributed by atoms with E-state index in [1.807, 2.05) is 5.32 Å². The van der Waals surface area contributed by atoms with Gasteiger partial charge in [0.25, 0.3) is 5.91 Å². The Morgan fingerprint density at radius 3 is 2.22 bits per heavy atom. The number of Topliss-reactive ketones (excluding diaryl/α,β-unsaturated/α-hetero) is 1. The number of hydrogen-bond acceptors (Lipinski definition) is 5. The van der Waals surface area contributed by atoms with Crippen LogP contribution in [0.5, 0.6) is 0 Å². The lowest BCUT2D eigenvalue weighted by atomic mass is 9.67. The monoisotopic (exact) mass is 324 g/mol. The third kappa shape index (κ3) is 4.09. The molecule has 0 heterocycles. The summed E-state index contributed by atoms with van der Waals surface area (Å²) in [7, 11) is 0. The largest absolute Gasteiger partial charge is 0.452 e. The number of amides is 3. The summed E-state index contributed by atoms with van der Waals surface area (Å²) in [6.07, 6.45) is 2.61. The quantitative estimate of drug-likeness (QED) is 0.752. The number of primary amides is 1. The fourth-order valence-corrected chi connectivity index (χ4v) is 3.58. The molecule has 0 spiro atoms. The van der Waals surface area contributed by atoms with Crippen LogP contribution in [0.25, 0.3) is 0 Å². The number of fused-ring (bicyclic) bond motifs is 2. The van der Waals surface area contributed by atoms with E-state index in [0.717, 1.165) is 19.3 Å². The number of hydrogen-bond donors (Lipinski definition) is 2. The molecule has 7 nitrogen and oxygen atoms in total. The molecular weight excluding hydrogens is 300 g/mol. The molecule has 23 heavy (non-hydrogen) atoms. The molecule has 1 unspecified atom stereocenters. The summed E-state index contributed by atoms with van der Waals surface area (Å²) in [6, 6.07) is -0.977. The standard InChI is InChI=1S/C16H24N2O5/c1-8(2)13(14(20)18-16(17)22)23-15(21)11-6-9-4-3-5-10(7-11)12(9)19/h8-11,13H,3-7H2,1-2H3,(H3,17,18,20,22)/t9-,10+,11?,13-/m0/s1. The molecule has 3 N–H and O–H groups in total. The molecule has 2 saturated carbocycles. The molecule has 2 aliphatic rings. The molecule has 0 saturated heterocycles. The van der Waals surface area contributed by atoms with Gasteiger partial charge in [-0.1, -0.05) is 20.3 Å². The Morgan fingerprint density at radius 2 is 1.74 bits per heavy atom. The first kappa shape index (κ1) is 17.4. The van der Waals surface area contributed by atoms with Gasteiger partial charge in [-0.25, -0.2) is 4.79 Å². The van der Waals surface area contributed by atoms with Gasteiger partial charge >= 0.3 is 12.0 Å². The van der Waals surface area contributed by atoms with Crippen LogP contribution in [0.4, 0.5) is 4.79 Å². The summed E-state index contributed by atoms with van der Waals surface area (Å²) in [5, 5.41) is 1.95. The Hall–Kier alpha value is -1.92. The van der Waals surface area contributed by atoms with E-state index in [0.29, 0.717) is 12.8 Å². The van der Waals surface area contributed by atoms with Crippen LogP contribution in [-0.4, -0.2) is 29.8 Å². The molecule has 4 atom stereocenters. The van der Waals surface area contributed by atoms with Crippen molar-refractivity contribution in [1.29, 1.82) is 0 Å². The summed E-state index contributed by atoms with van der Waals surface area (Å²) in [5.74, 6) is -1.67.